The number of terminal acetylenes is 1. The Morgan fingerprint density at radius 3 is 2.59 bits per heavy atom. The minimum Gasteiger partial charge on any atom is -0.320 e. The second kappa shape index (κ2) is 8.95. The van der Waals surface area contributed by atoms with E-state index in [9.17, 15) is 18.0 Å². The number of amides is 1. The quantitative estimate of drug-likeness (QED) is 0.434. The van der Waals surface area contributed by atoms with E-state index < -0.39 is 23.1 Å². The number of hydrogen-bond acceptors (Lipinski definition) is 4. The topological polar surface area (TPSA) is 63.1 Å². The molecule has 0 unspecified atom stereocenters. The van der Waals surface area contributed by atoms with Gasteiger partial charge < -0.3 is 14.8 Å². The van der Waals surface area contributed by atoms with Crippen LogP contribution in [0.5, 0.6) is 0 Å². The Hall–Kier alpha value is -3.64. The van der Waals surface area contributed by atoms with Crippen molar-refractivity contribution in [1.82, 2.24) is 20.1 Å². The summed E-state index contributed by atoms with van der Waals surface area (Å²) in [6, 6.07) is 10.3. The van der Waals surface area contributed by atoms with Crippen LogP contribution in [0.15, 0.2) is 42.7 Å². The zero-order valence-corrected chi connectivity index (χ0v) is 22.0. The summed E-state index contributed by atoms with van der Waals surface area (Å²) in [6.07, 6.45) is 7.22. The highest BCUT2D eigenvalue weighted by molar-refractivity contribution is 6.10. The van der Waals surface area contributed by atoms with Crippen LogP contribution in [0.4, 0.5) is 18.9 Å². The number of alkyl halides is 3. The number of hydrogen-bond donors (Lipinski definition) is 1. The van der Waals surface area contributed by atoms with Crippen LogP contribution in [0.2, 0.25) is 0 Å². The van der Waals surface area contributed by atoms with Crippen LogP contribution in [0, 0.1) is 18.3 Å². The molecule has 1 aliphatic heterocycles. The van der Waals surface area contributed by atoms with Gasteiger partial charge >= 0.3 is 6.18 Å². The fourth-order valence-electron chi connectivity index (χ4n) is 6.37. The van der Waals surface area contributed by atoms with E-state index in [0.29, 0.717) is 24.1 Å². The van der Waals surface area contributed by atoms with Crippen molar-refractivity contribution in [1.29, 1.82) is 0 Å². The van der Waals surface area contributed by atoms with Crippen molar-refractivity contribution < 1.29 is 18.0 Å². The number of halogens is 3. The molecule has 0 atom stereocenters. The van der Waals surface area contributed by atoms with Crippen LogP contribution in [-0.2, 0) is 31.7 Å². The monoisotopic (exact) mass is 533 g/mol. The molecule has 2 aliphatic carbocycles. The van der Waals surface area contributed by atoms with E-state index in [0.717, 1.165) is 30.7 Å². The second-order valence-corrected chi connectivity index (χ2v) is 11.5. The lowest BCUT2D eigenvalue weighted by molar-refractivity contribution is -0.138. The van der Waals surface area contributed by atoms with Crippen LogP contribution in [0.25, 0.3) is 0 Å². The third kappa shape index (κ3) is 4.22. The summed E-state index contributed by atoms with van der Waals surface area (Å²) < 4.78 is 44.4. The van der Waals surface area contributed by atoms with Gasteiger partial charge in [-0.15, -0.1) is 22.5 Å². The summed E-state index contributed by atoms with van der Waals surface area (Å²) in [7, 11) is 1.88. The van der Waals surface area contributed by atoms with Crippen LogP contribution >= 0.6 is 0 Å². The molecule has 9 heteroatoms. The minimum atomic E-state index is -4.57. The lowest BCUT2D eigenvalue weighted by Gasteiger charge is -2.45. The van der Waals surface area contributed by atoms with E-state index in [1.54, 1.807) is 18.5 Å². The van der Waals surface area contributed by atoms with Gasteiger partial charge in [0.15, 0.2) is 0 Å². The molecule has 6 rings (SSSR count). The summed E-state index contributed by atoms with van der Waals surface area (Å²) in [5.41, 5.74) is 0.799. The summed E-state index contributed by atoms with van der Waals surface area (Å²) in [5.74, 6) is 3.26. The highest BCUT2D eigenvalue weighted by Crippen LogP contribution is 2.52. The van der Waals surface area contributed by atoms with Gasteiger partial charge in [-0.3, -0.25) is 4.79 Å². The van der Waals surface area contributed by atoms with Crippen molar-refractivity contribution in [2.75, 3.05) is 4.90 Å². The average molecular weight is 534 g/mol. The van der Waals surface area contributed by atoms with Crippen LogP contribution in [0.1, 0.15) is 77.5 Å². The summed E-state index contributed by atoms with van der Waals surface area (Å²) >= 11 is 0. The maximum absolute atomic E-state index is 14.2. The molecule has 2 fully saturated rings. The Balaban J connectivity index is 1.34. The van der Waals surface area contributed by atoms with E-state index in [4.69, 9.17) is 6.42 Å². The summed E-state index contributed by atoms with van der Waals surface area (Å²) in [4.78, 5) is 15.0. The highest BCUT2D eigenvalue weighted by atomic mass is 19.4. The number of fused-ring (bicyclic) bond motifs is 1. The number of benzene rings is 2. The maximum Gasteiger partial charge on any atom is 0.416 e. The number of carbonyl (C=O) groups excluding carboxylic acids is 1. The highest BCUT2D eigenvalue weighted by Gasteiger charge is 2.50. The Morgan fingerprint density at radius 2 is 1.97 bits per heavy atom. The van der Waals surface area contributed by atoms with Crippen LogP contribution < -0.4 is 10.2 Å². The molecular weight excluding hydrogens is 503 g/mol. The molecule has 1 amide bonds. The predicted octanol–water partition coefficient (Wildman–Crippen LogP) is 5.36. The fourth-order valence-corrected chi connectivity index (χ4v) is 6.37. The molecule has 0 bridgehead atoms. The fraction of sp³-hybridized carbons (Fsp3) is 0.433. The molecule has 6 nitrogen and oxygen atoms in total. The molecule has 1 aromatic heterocycles. The molecule has 0 saturated heterocycles. The largest absolute Gasteiger partial charge is 0.416 e. The normalized spacial score (nSPS) is 23.6. The third-order valence-electron chi connectivity index (χ3n) is 8.86. The molecule has 3 aliphatic rings. The van der Waals surface area contributed by atoms with Crippen molar-refractivity contribution in [2.45, 2.75) is 69.2 Å². The number of carbonyl (C=O) groups is 1. The SMILES string of the molecule is C#CC1CC(c2cccc(N3Cc4c(cc(CNC5(C)CCC5)cc4C(F)(F)F)C3=O)c2)(c2nncn2C)C1. The first-order chi connectivity index (χ1) is 18.5. The zero-order valence-electron chi connectivity index (χ0n) is 22.0. The van der Waals surface area contributed by atoms with Gasteiger partial charge in [-0.25, -0.2) is 0 Å². The molecule has 3 aromatic rings. The van der Waals surface area contributed by atoms with Gasteiger partial charge in [-0.05, 0) is 80.0 Å². The van der Waals surface area contributed by atoms with Crippen molar-refractivity contribution in [3.63, 3.8) is 0 Å². The lowest BCUT2D eigenvalue weighted by Crippen LogP contribution is -2.47. The molecule has 1 N–H and O–H groups in total. The van der Waals surface area contributed by atoms with Gasteiger partial charge in [0.1, 0.15) is 12.2 Å². The number of aryl methyl sites for hydroxylation is 1. The van der Waals surface area contributed by atoms with Crippen molar-refractivity contribution >= 4 is 11.6 Å². The van der Waals surface area contributed by atoms with E-state index in [2.05, 4.69) is 28.4 Å². The van der Waals surface area contributed by atoms with Crippen LogP contribution in [0.3, 0.4) is 0 Å². The molecule has 0 radical (unpaired) electrons. The lowest BCUT2D eigenvalue weighted by atomic mass is 9.58. The van der Waals surface area contributed by atoms with Gasteiger partial charge in [0.25, 0.3) is 5.91 Å². The second-order valence-electron chi connectivity index (χ2n) is 11.5. The molecule has 2 heterocycles. The molecule has 2 aromatic carbocycles. The van der Waals surface area contributed by atoms with Crippen molar-refractivity contribution in [3.05, 3.63) is 76.4 Å². The van der Waals surface area contributed by atoms with Gasteiger partial charge in [0, 0.05) is 36.3 Å². The minimum absolute atomic E-state index is 0.0237. The number of rotatable bonds is 6. The van der Waals surface area contributed by atoms with Crippen LogP contribution in [-0.4, -0.2) is 26.2 Å². The molecule has 2 saturated carbocycles. The van der Waals surface area contributed by atoms with Gasteiger partial charge in [0.05, 0.1) is 17.5 Å². The number of aromatic nitrogens is 3. The van der Waals surface area contributed by atoms with E-state index in [-0.39, 0.29) is 35.7 Å². The number of nitrogens with one attached hydrogen (secondary N) is 1. The van der Waals surface area contributed by atoms with Crippen molar-refractivity contribution in [2.24, 2.45) is 13.0 Å². The molecule has 202 valence electrons. The van der Waals surface area contributed by atoms with E-state index >= 15 is 0 Å². The van der Waals surface area contributed by atoms with Crippen molar-refractivity contribution in [3.8, 4) is 12.3 Å². The van der Waals surface area contributed by atoms with E-state index in [1.165, 1.54) is 11.0 Å². The van der Waals surface area contributed by atoms with Gasteiger partial charge in [-0.2, -0.15) is 13.2 Å². The summed E-state index contributed by atoms with van der Waals surface area (Å²) in [6.45, 7) is 2.23. The Bertz CT molecular complexity index is 1490. The van der Waals surface area contributed by atoms with Gasteiger partial charge in [-0.1, -0.05) is 12.1 Å². The first-order valence-corrected chi connectivity index (χ1v) is 13.2. The van der Waals surface area contributed by atoms with Gasteiger partial charge in [0.2, 0.25) is 0 Å². The van der Waals surface area contributed by atoms with E-state index in [1.807, 2.05) is 29.8 Å². The Kier molecular flexibility index (Phi) is 5.88. The first-order valence-electron chi connectivity index (χ1n) is 13.2. The Labute approximate surface area is 225 Å². The molecule has 0 spiro atoms. The average Bonchev–Trinajstić information content (AvgIpc) is 3.44. The maximum atomic E-state index is 14.2. The number of anilines is 1. The standard InChI is InChI=1S/C30H30F3N5O/c1-4-19-14-29(15-19,27-36-35-18-37(27)3)21-7-5-8-22(13-21)38-17-24-23(26(38)39)11-20(12-25(24)30(31,32)33)16-34-28(2)9-6-10-28/h1,5,7-8,11-13,18-19,34H,6,9-10,14-17H2,2-3H3. The smallest absolute Gasteiger partial charge is 0.320 e. The summed E-state index contributed by atoms with van der Waals surface area (Å²) in [5, 5.41) is 11.8. The molecular formula is C30H30F3N5O. The number of nitrogens with zero attached hydrogens (tertiary/aromatic N) is 4. The Morgan fingerprint density at radius 1 is 1.21 bits per heavy atom. The zero-order chi connectivity index (χ0) is 27.6. The third-order valence-corrected chi connectivity index (χ3v) is 8.86. The predicted molar refractivity (Wildman–Crippen MR) is 141 cm³/mol. The molecule has 39 heavy (non-hydrogen) atoms. The first kappa shape index (κ1) is 25.6.